The van der Waals surface area contributed by atoms with E-state index < -0.39 is 23.1 Å². The van der Waals surface area contributed by atoms with Gasteiger partial charge in [0.25, 0.3) is 0 Å². The van der Waals surface area contributed by atoms with Crippen LogP contribution in [0, 0.1) is 0 Å². The number of carbonyl (C=O) groups is 1. The van der Waals surface area contributed by atoms with Gasteiger partial charge in [-0.25, -0.2) is 4.68 Å². The Morgan fingerprint density at radius 2 is 1.93 bits per heavy atom. The molecule has 0 radical (unpaired) electrons. The van der Waals surface area contributed by atoms with Crippen LogP contribution in [0.15, 0.2) is 18.2 Å². The van der Waals surface area contributed by atoms with Gasteiger partial charge in [-0.3, -0.25) is 9.69 Å². The lowest BCUT2D eigenvalue weighted by Crippen LogP contribution is -2.49. The molecule has 7 nitrogen and oxygen atoms in total. The van der Waals surface area contributed by atoms with Gasteiger partial charge in [-0.1, -0.05) is 23.2 Å². The van der Waals surface area contributed by atoms with Crippen LogP contribution in [0.25, 0.3) is 0 Å². The van der Waals surface area contributed by atoms with Gasteiger partial charge in [0.1, 0.15) is 5.75 Å². The van der Waals surface area contributed by atoms with E-state index in [1.165, 1.54) is 7.11 Å². The maximum Gasteiger partial charge on any atom is 0.436 e. The summed E-state index contributed by atoms with van der Waals surface area (Å²) in [4.78, 5) is 15.6. The van der Waals surface area contributed by atoms with Crippen LogP contribution in [0.4, 0.5) is 18.9 Å². The SMILES string of the molecule is COc1cc(N2CCN(C(C=O)n3nc(C(F)(F)F)c(Cl)c3CN)CC2)ccc1Cl. The number of rotatable bonds is 6. The van der Waals surface area contributed by atoms with Crippen LogP contribution in [0.3, 0.4) is 0 Å². The van der Waals surface area contributed by atoms with Gasteiger partial charge in [0.2, 0.25) is 0 Å². The number of aldehydes is 1. The third-order valence-electron chi connectivity index (χ3n) is 4.97. The molecule has 1 aromatic heterocycles. The third kappa shape index (κ3) is 4.36. The van der Waals surface area contributed by atoms with E-state index in [1.54, 1.807) is 11.0 Å². The van der Waals surface area contributed by atoms with Crippen LogP contribution in [-0.2, 0) is 17.5 Å². The van der Waals surface area contributed by atoms with Crippen molar-refractivity contribution >= 4 is 35.2 Å². The number of alkyl halides is 3. The summed E-state index contributed by atoms with van der Waals surface area (Å²) in [6.07, 6.45) is -5.24. The van der Waals surface area contributed by atoms with Crippen LogP contribution in [0.5, 0.6) is 5.75 Å². The fraction of sp³-hybridized carbons (Fsp3) is 0.444. The standard InChI is InChI=1S/C18H20Cl2F3N5O2/c1-30-14-8-11(2-3-12(14)19)26-4-6-27(7-5-26)15(10-29)28-13(9-24)16(20)17(25-28)18(21,22)23/h2-3,8,10,15H,4-7,9,24H2,1H3. The Kier molecular flexibility index (Phi) is 6.81. The summed E-state index contributed by atoms with van der Waals surface area (Å²) >= 11 is 11.9. The van der Waals surface area contributed by atoms with Gasteiger partial charge in [-0.2, -0.15) is 18.3 Å². The molecule has 30 heavy (non-hydrogen) atoms. The molecule has 1 atom stereocenters. The van der Waals surface area contributed by atoms with Crippen molar-refractivity contribution in [2.75, 3.05) is 38.2 Å². The van der Waals surface area contributed by atoms with E-state index >= 15 is 0 Å². The monoisotopic (exact) mass is 465 g/mol. The molecule has 2 aromatic rings. The molecule has 164 valence electrons. The van der Waals surface area contributed by atoms with Crippen molar-refractivity contribution in [2.24, 2.45) is 5.73 Å². The van der Waals surface area contributed by atoms with Crippen LogP contribution in [0.1, 0.15) is 17.6 Å². The van der Waals surface area contributed by atoms with Gasteiger partial charge in [0.15, 0.2) is 18.1 Å². The number of hydrogen-bond donors (Lipinski definition) is 1. The largest absolute Gasteiger partial charge is 0.495 e. The zero-order valence-corrected chi connectivity index (χ0v) is 17.5. The topological polar surface area (TPSA) is 76.6 Å². The second kappa shape index (κ2) is 9.01. The molecule has 2 heterocycles. The van der Waals surface area contributed by atoms with E-state index in [2.05, 4.69) is 10.00 Å². The Morgan fingerprint density at radius 1 is 1.27 bits per heavy atom. The van der Waals surface area contributed by atoms with Crippen molar-refractivity contribution < 1.29 is 22.7 Å². The first kappa shape index (κ1) is 22.7. The lowest BCUT2D eigenvalue weighted by atomic mass is 10.2. The number of hydrogen-bond acceptors (Lipinski definition) is 6. The number of benzene rings is 1. The van der Waals surface area contributed by atoms with Crippen molar-refractivity contribution in [3.8, 4) is 5.75 Å². The first-order valence-electron chi connectivity index (χ1n) is 9.03. The number of methoxy groups -OCH3 is 1. The Labute approximate surface area is 181 Å². The molecule has 3 rings (SSSR count). The van der Waals surface area contributed by atoms with E-state index in [1.807, 2.05) is 12.1 Å². The first-order valence-corrected chi connectivity index (χ1v) is 9.78. The minimum absolute atomic E-state index is 0.0361. The fourth-order valence-electron chi connectivity index (χ4n) is 3.42. The first-order chi connectivity index (χ1) is 14.2. The molecule has 0 aliphatic carbocycles. The van der Waals surface area contributed by atoms with Crippen LogP contribution in [-0.4, -0.2) is 54.3 Å². The zero-order chi connectivity index (χ0) is 22.1. The van der Waals surface area contributed by atoms with E-state index in [9.17, 15) is 18.0 Å². The molecule has 0 amide bonds. The van der Waals surface area contributed by atoms with Gasteiger partial charge in [0.05, 0.1) is 22.8 Å². The Morgan fingerprint density at radius 3 is 2.47 bits per heavy atom. The predicted molar refractivity (Wildman–Crippen MR) is 107 cm³/mol. The molecule has 1 aromatic carbocycles. The molecule has 1 unspecified atom stereocenters. The molecule has 1 saturated heterocycles. The average molecular weight is 466 g/mol. The number of halogens is 5. The van der Waals surface area contributed by atoms with E-state index in [0.29, 0.717) is 43.2 Å². The second-order valence-corrected chi connectivity index (χ2v) is 7.43. The maximum atomic E-state index is 13.2. The summed E-state index contributed by atoms with van der Waals surface area (Å²) in [6.45, 7) is 1.62. The van der Waals surface area contributed by atoms with Crippen molar-refractivity contribution in [3.05, 3.63) is 39.6 Å². The van der Waals surface area contributed by atoms with E-state index in [-0.39, 0.29) is 12.2 Å². The number of nitrogens with two attached hydrogens (primary N) is 1. The van der Waals surface area contributed by atoms with Crippen LogP contribution >= 0.6 is 23.2 Å². The Hall–Kier alpha value is -2.01. The quantitative estimate of drug-likeness (QED) is 0.660. The number of nitrogens with zero attached hydrogens (tertiary/aromatic N) is 4. The molecular weight excluding hydrogens is 446 g/mol. The minimum Gasteiger partial charge on any atom is -0.495 e. The normalized spacial score (nSPS) is 16.6. The van der Waals surface area contributed by atoms with Gasteiger partial charge in [-0.05, 0) is 12.1 Å². The molecule has 1 aliphatic rings. The van der Waals surface area contributed by atoms with Gasteiger partial charge in [-0.15, -0.1) is 0 Å². The predicted octanol–water partition coefficient (Wildman–Crippen LogP) is 3.20. The number of piperazine rings is 1. The van der Waals surface area contributed by atoms with Crippen molar-refractivity contribution in [1.29, 1.82) is 0 Å². The lowest BCUT2D eigenvalue weighted by Gasteiger charge is -2.38. The molecule has 0 spiro atoms. The molecule has 0 saturated carbocycles. The summed E-state index contributed by atoms with van der Waals surface area (Å²) in [6, 6.07) is 5.39. The van der Waals surface area contributed by atoms with Crippen LogP contribution < -0.4 is 15.4 Å². The highest BCUT2D eigenvalue weighted by molar-refractivity contribution is 6.32. The van der Waals surface area contributed by atoms with Crippen molar-refractivity contribution in [1.82, 2.24) is 14.7 Å². The van der Waals surface area contributed by atoms with Gasteiger partial charge < -0.3 is 15.4 Å². The Bertz CT molecular complexity index is 914. The molecule has 2 N–H and O–H groups in total. The smallest absolute Gasteiger partial charge is 0.436 e. The lowest BCUT2D eigenvalue weighted by molar-refractivity contribution is -0.142. The summed E-state index contributed by atoms with van der Waals surface area (Å²) in [7, 11) is 1.52. The number of carbonyl (C=O) groups excluding carboxylic acids is 1. The van der Waals surface area contributed by atoms with Crippen molar-refractivity contribution in [2.45, 2.75) is 18.9 Å². The summed E-state index contributed by atoms with van der Waals surface area (Å²) in [5.41, 5.74) is 5.20. The highest BCUT2D eigenvalue weighted by Crippen LogP contribution is 2.37. The van der Waals surface area contributed by atoms with E-state index in [4.69, 9.17) is 33.7 Å². The van der Waals surface area contributed by atoms with Crippen LogP contribution in [0.2, 0.25) is 10.0 Å². The number of anilines is 1. The maximum absolute atomic E-state index is 13.2. The molecular formula is C18H20Cl2F3N5O2. The third-order valence-corrected chi connectivity index (χ3v) is 5.68. The van der Waals surface area contributed by atoms with Gasteiger partial charge in [0, 0.05) is 44.5 Å². The molecule has 1 fully saturated rings. The second-order valence-electron chi connectivity index (χ2n) is 6.65. The zero-order valence-electron chi connectivity index (χ0n) is 16.0. The minimum atomic E-state index is -4.74. The van der Waals surface area contributed by atoms with E-state index in [0.717, 1.165) is 10.4 Å². The molecule has 0 bridgehead atoms. The molecule has 1 aliphatic heterocycles. The summed E-state index contributed by atoms with van der Waals surface area (Å²) < 4.78 is 45.8. The van der Waals surface area contributed by atoms with Gasteiger partial charge >= 0.3 is 6.18 Å². The average Bonchev–Trinajstić information content (AvgIpc) is 3.06. The fourth-order valence-corrected chi connectivity index (χ4v) is 3.92. The highest BCUT2D eigenvalue weighted by Gasteiger charge is 2.40. The molecule has 12 heteroatoms. The van der Waals surface area contributed by atoms with Crippen molar-refractivity contribution in [3.63, 3.8) is 0 Å². The number of ether oxygens (including phenoxy) is 1. The summed E-state index contributed by atoms with van der Waals surface area (Å²) in [5.74, 6) is 0.542. The Balaban J connectivity index is 1.80. The summed E-state index contributed by atoms with van der Waals surface area (Å²) in [5, 5.41) is 3.48. The number of aromatic nitrogens is 2. The highest BCUT2D eigenvalue weighted by atomic mass is 35.5.